The van der Waals surface area contributed by atoms with E-state index in [1.54, 1.807) is 6.92 Å². The lowest BCUT2D eigenvalue weighted by Gasteiger charge is -2.34. The molecule has 1 aliphatic heterocycles. The number of hydrogen-bond donors (Lipinski definition) is 0. The third-order valence-electron chi connectivity index (χ3n) is 3.92. The molecule has 0 bridgehead atoms. The highest BCUT2D eigenvalue weighted by molar-refractivity contribution is 5.73. The second-order valence-electron chi connectivity index (χ2n) is 5.62. The Balaban J connectivity index is 1.68. The van der Waals surface area contributed by atoms with Crippen molar-refractivity contribution in [3.05, 3.63) is 42.2 Å². The zero-order chi connectivity index (χ0) is 16.2. The van der Waals surface area contributed by atoms with Crippen molar-refractivity contribution in [3.8, 4) is 11.6 Å². The Morgan fingerprint density at radius 3 is 2.43 bits per heavy atom. The lowest BCUT2D eigenvalue weighted by atomic mass is 10.2. The van der Waals surface area contributed by atoms with Crippen LogP contribution >= 0.6 is 0 Å². The Kier molecular flexibility index (Phi) is 4.41. The lowest BCUT2D eigenvalue weighted by Crippen LogP contribution is -2.48. The molecule has 0 aliphatic carbocycles. The van der Waals surface area contributed by atoms with Crippen LogP contribution < -0.4 is 9.64 Å². The molecule has 0 N–H and O–H groups in total. The molecule has 0 saturated carbocycles. The minimum absolute atomic E-state index is 0.121. The molecular formula is C17H20N4O2. The fourth-order valence-corrected chi connectivity index (χ4v) is 2.54. The number of nitrogens with zero attached hydrogens (tertiary/aromatic N) is 4. The average molecular weight is 312 g/mol. The monoisotopic (exact) mass is 312 g/mol. The van der Waals surface area contributed by atoms with Gasteiger partial charge in [0.05, 0.1) is 0 Å². The maximum absolute atomic E-state index is 11.4. The highest BCUT2D eigenvalue weighted by Gasteiger charge is 2.20. The van der Waals surface area contributed by atoms with Crippen LogP contribution in [0.3, 0.4) is 0 Å². The van der Waals surface area contributed by atoms with Crippen molar-refractivity contribution in [2.24, 2.45) is 0 Å². The second kappa shape index (κ2) is 6.64. The van der Waals surface area contributed by atoms with Gasteiger partial charge in [-0.25, -0.2) is 9.97 Å². The zero-order valence-electron chi connectivity index (χ0n) is 13.4. The highest BCUT2D eigenvalue weighted by Crippen LogP contribution is 2.23. The van der Waals surface area contributed by atoms with Crippen LogP contribution in [0.25, 0.3) is 0 Å². The number of carbonyl (C=O) groups excluding carboxylic acids is 1. The Bertz CT molecular complexity index is 679. The van der Waals surface area contributed by atoms with Crippen molar-refractivity contribution in [2.45, 2.75) is 13.8 Å². The minimum Gasteiger partial charge on any atom is -0.439 e. The van der Waals surface area contributed by atoms with Crippen molar-refractivity contribution in [1.29, 1.82) is 0 Å². The second-order valence-corrected chi connectivity index (χ2v) is 5.62. The molecule has 0 spiro atoms. The van der Waals surface area contributed by atoms with E-state index in [2.05, 4.69) is 14.9 Å². The molecule has 23 heavy (non-hydrogen) atoms. The first-order valence-corrected chi connectivity index (χ1v) is 7.69. The van der Waals surface area contributed by atoms with Crippen molar-refractivity contribution >= 4 is 11.7 Å². The first-order chi connectivity index (χ1) is 11.1. The smallest absolute Gasteiger partial charge is 0.224 e. The molecule has 0 radical (unpaired) electrons. The van der Waals surface area contributed by atoms with Gasteiger partial charge in [0.25, 0.3) is 0 Å². The Morgan fingerprint density at radius 1 is 1.09 bits per heavy atom. The number of amides is 1. The van der Waals surface area contributed by atoms with E-state index in [1.165, 1.54) is 11.9 Å². The molecular weight excluding hydrogens is 292 g/mol. The summed E-state index contributed by atoms with van der Waals surface area (Å²) in [5.74, 6) is 2.22. The molecule has 0 unspecified atom stereocenters. The van der Waals surface area contributed by atoms with E-state index in [0.29, 0.717) is 19.0 Å². The van der Waals surface area contributed by atoms with Gasteiger partial charge in [-0.3, -0.25) is 4.79 Å². The molecule has 1 aliphatic rings. The van der Waals surface area contributed by atoms with Gasteiger partial charge in [0.2, 0.25) is 11.8 Å². The van der Waals surface area contributed by atoms with Crippen molar-refractivity contribution in [3.63, 3.8) is 0 Å². The molecule has 3 rings (SSSR count). The molecule has 1 fully saturated rings. The predicted octanol–water partition coefficient (Wildman–Crippen LogP) is 2.25. The first-order valence-electron chi connectivity index (χ1n) is 7.69. The van der Waals surface area contributed by atoms with Crippen LogP contribution in [-0.4, -0.2) is 47.0 Å². The van der Waals surface area contributed by atoms with Gasteiger partial charge < -0.3 is 14.5 Å². The van der Waals surface area contributed by atoms with E-state index in [9.17, 15) is 4.79 Å². The fraction of sp³-hybridized carbons (Fsp3) is 0.353. The van der Waals surface area contributed by atoms with E-state index >= 15 is 0 Å². The normalized spacial score (nSPS) is 14.7. The maximum atomic E-state index is 11.4. The number of aromatic nitrogens is 2. The van der Waals surface area contributed by atoms with Gasteiger partial charge in [0, 0.05) is 39.2 Å². The van der Waals surface area contributed by atoms with E-state index in [-0.39, 0.29) is 5.91 Å². The van der Waals surface area contributed by atoms with E-state index in [0.717, 1.165) is 24.7 Å². The van der Waals surface area contributed by atoms with Crippen LogP contribution in [-0.2, 0) is 4.79 Å². The summed E-state index contributed by atoms with van der Waals surface area (Å²) in [7, 11) is 0. The number of aryl methyl sites for hydroxylation is 1. The summed E-state index contributed by atoms with van der Waals surface area (Å²) >= 11 is 0. The summed E-state index contributed by atoms with van der Waals surface area (Å²) in [5, 5.41) is 0. The average Bonchev–Trinajstić information content (AvgIpc) is 2.57. The molecule has 1 saturated heterocycles. The van der Waals surface area contributed by atoms with Gasteiger partial charge in [-0.1, -0.05) is 17.7 Å². The summed E-state index contributed by atoms with van der Waals surface area (Å²) in [6.45, 7) is 6.60. The highest BCUT2D eigenvalue weighted by atomic mass is 16.5. The summed E-state index contributed by atoms with van der Waals surface area (Å²) in [5.41, 5.74) is 1.18. The molecule has 6 heteroatoms. The van der Waals surface area contributed by atoms with Crippen molar-refractivity contribution in [1.82, 2.24) is 14.9 Å². The van der Waals surface area contributed by atoms with Gasteiger partial charge >= 0.3 is 0 Å². The van der Waals surface area contributed by atoms with E-state index in [4.69, 9.17) is 4.74 Å². The lowest BCUT2D eigenvalue weighted by molar-refractivity contribution is -0.129. The van der Waals surface area contributed by atoms with Crippen LogP contribution in [0.4, 0.5) is 5.82 Å². The van der Waals surface area contributed by atoms with Crippen LogP contribution in [0.1, 0.15) is 12.5 Å². The molecule has 1 amide bonds. The van der Waals surface area contributed by atoms with E-state index < -0.39 is 0 Å². The summed E-state index contributed by atoms with van der Waals surface area (Å²) in [6, 6.07) is 9.67. The molecule has 120 valence electrons. The number of carbonyl (C=O) groups is 1. The largest absolute Gasteiger partial charge is 0.439 e. The number of hydrogen-bond acceptors (Lipinski definition) is 5. The van der Waals surface area contributed by atoms with E-state index in [1.807, 2.05) is 42.2 Å². The molecule has 2 heterocycles. The summed E-state index contributed by atoms with van der Waals surface area (Å²) in [6.07, 6.45) is 1.51. The van der Waals surface area contributed by atoms with Gasteiger partial charge in [-0.2, -0.15) is 0 Å². The summed E-state index contributed by atoms with van der Waals surface area (Å²) in [4.78, 5) is 23.9. The topological polar surface area (TPSA) is 58.6 Å². The Morgan fingerprint density at radius 2 is 1.78 bits per heavy atom. The standard InChI is InChI=1S/C17H20N4O2/c1-13-3-5-15(6-4-13)23-17-11-16(18-12-19-17)21-9-7-20(8-10-21)14(2)22/h3-6,11-12H,7-10H2,1-2H3. The zero-order valence-corrected chi connectivity index (χ0v) is 13.4. The SMILES string of the molecule is CC(=O)N1CCN(c2cc(Oc3ccc(C)cc3)ncn2)CC1. The fourth-order valence-electron chi connectivity index (χ4n) is 2.54. The third-order valence-corrected chi connectivity index (χ3v) is 3.92. The third kappa shape index (κ3) is 3.77. The number of anilines is 1. The van der Waals surface area contributed by atoms with Gasteiger partial charge in [0.1, 0.15) is 17.9 Å². The van der Waals surface area contributed by atoms with Crippen LogP contribution in [0, 0.1) is 6.92 Å². The summed E-state index contributed by atoms with van der Waals surface area (Å²) < 4.78 is 5.78. The number of benzene rings is 1. The number of ether oxygens (including phenoxy) is 1. The Hall–Kier alpha value is -2.63. The maximum Gasteiger partial charge on any atom is 0.224 e. The number of rotatable bonds is 3. The van der Waals surface area contributed by atoms with Crippen molar-refractivity contribution in [2.75, 3.05) is 31.1 Å². The first kappa shape index (κ1) is 15.3. The van der Waals surface area contributed by atoms with Crippen LogP contribution in [0.15, 0.2) is 36.7 Å². The van der Waals surface area contributed by atoms with Crippen LogP contribution in [0.2, 0.25) is 0 Å². The minimum atomic E-state index is 0.121. The molecule has 6 nitrogen and oxygen atoms in total. The molecule has 2 aromatic rings. The molecule has 1 aromatic heterocycles. The Labute approximate surface area is 135 Å². The van der Waals surface area contributed by atoms with Gasteiger partial charge in [-0.15, -0.1) is 0 Å². The van der Waals surface area contributed by atoms with Crippen molar-refractivity contribution < 1.29 is 9.53 Å². The predicted molar refractivity (Wildman–Crippen MR) is 87.8 cm³/mol. The van der Waals surface area contributed by atoms with Crippen LogP contribution in [0.5, 0.6) is 11.6 Å². The number of piperazine rings is 1. The van der Waals surface area contributed by atoms with Gasteiger partial charge in [-0.05, 0) is 19.1 Å². The quantitative estimate of drug-likeness (QED) is 0.870. The molecule has 1 aromatic carbocycles. The van der Waals surface area contributed by atoms with Gasteiger partial charge in [0.15, 0.2) is 0 Å². The molecule has 0 atom stereocenters.